The van der Waals surface area contributed by atoms with Crippen molar-refractivity contribution in [2.75, 3.05) is 18.0 Å². The van der Waals surface area contributed by atoms with Gasteiger partial charge in [0.2, 0.25) is 0 Å². The number of halogens is 1. The van der Waals surface area contributed by atoms with Crippen molar-refractivity contribution in [2.24, 2.45) is 0 Å². The molecule has 1 fully saturated rings. The first-order valence-corrected chi connectivity index (χ1v) is 9.44. The minimum absolute atomic E-state index is 0.0380. The molecule has 1 atom stereocenters. The quantitative estimate of drug-likeness (QED) is 0.725. The van der Waals surface area contributed by atoms with Crippen LogP contribution in [0.15, 0.2) is 48.5 Å². The molecule has 2 heterocycles. The zero-order valence-electron chi connectivity index (χ0n) is 16.0. The van der Waals surface area contributed by atoms with Crippen molar-refractivity contribution in [2.45, 2.75) is 26.3 Å². The molecule has 5 nitrogen and oxygen atoms in total. The molecule has 4 rings (SSSR count). The normalized spacial score (nSPS) is 16.4. The highest BCUT2D eigenvalue weighted by molar-refractivity contribution is 5.94. The van der Waals surface area contributed by atoms with Gasteiger partial charge in [-0.05, 0) is 73.4 Å². The molecule has 1 amide bonds. The van der Waals surface area contributed by atoms with Gasteiger partial charge in [0.15, 0.2) is 5.82 Å². The summed E-state index contributed by atoms with van der Waals surface area (Å²) in [4.78, 5) is 14.7. The SMILES string of the molecule is Cc1ccc(C(=O)N[C@H]2CCN(c3cc(-c4ccc(F)cc4)[nH]n3)C2)cc1C. The predicted molar refractivity (Wildman–Crippen MR) is 108 cm³/mol. The lowest BCUT2D eigenvalue weighted by Crippen LogP contribution is -2.37. The van der Waals surface area contributed by atoms with E-state index < -0.39 is 0 Å². The summed E-state index contributed by atoms with van der Waals surface area (Å²) in [5.41, 5.74) is 4.72. The second-order valence-corrected chi connectivity index (χ2v) is 7.35. The van der Waals surface area contributed by atoms with Gasteiger partial charge in [0.25, 0.3) is 5.91 Å². The second-order valence-electron chi connectivity index (χ2n) is 7.35. The molecule has 2 aromatic carbocycles. The highest BCUT2D eigenvalue weighted by Gasteiger charge is 2.26. The number of amides is 1. The number of benzene rings is 2. The van der Waals surface area contributed by atoms with Gasteiger partial charge in [-0.2, -0.15) is 5.10 Å². The van der Waals surface area contributed by atoms with E-state index >= 15 is 0 Å². The number of nitrogens with one attached hydrogen (secondary N) is 2. The Bertz CT molecular complexity index is 996. The standard InChI is InChI=1S/C22H23FN4O/c1-14-3-4-17(11-15(14)2)22(28)24-19-9-10-27(13-19)21-12-20(25-26-21)16-5-7-18(23)8-6-16/h3-8,11-12,19H,9-10,13H2,1-2H3,(H,24,28)(H,25,26)/t19-/m0/s1. The van der Waals surface area contributed by atoms with Crippen LogP contribution in [0.4, 0.5) is 10.2 Å². The van der Waals surface area contributed by atoms with Gasteiger partial charge in [-0.1, -0.05) is 6.07 Å². The van der Waals surface area contributed by atoms with Crippen molar-refractivity contribution in [3.05, 3.63) is 71.0 Å². The Morgan fingerprint density at radius 3 is 2.68 bits per heavy atom. The molecule has 2 N–H and O–H groups in total. The fraction of sp³-hybridized carbons (Fsp3) is 0.273. The van der Waals surface area contributed by atoms with Gasteiger partial charge < -0.3 is 10.2 Å². The molecule has 3 aromatic rings. The number of rotatable bonds is 4. The Morgan fingerprint density at radius 1 is 1.14 bits per heavy atom. The molecular weight excluding hydrogens is 355 g/mol. The lowest BCUT2D eigenvalue weighted by atomic mass is 10.1. The Hall–Kier alpha value is -3.15. The topological polar surface area (TPSA) is 61.0 Å². The fourth-order valence-corrected chi connectivity index (χ4v) is 3.49. The maximum atomic E-state index is 13.1. The monoisotopic (exact) mass is 378 g/mol. The van der Waals surface area contributed by atoms with E-state index in [1.165, 1.54) is 17.7 Å². The molecular formula is C22H23FN4O. The largest absolute Gasteiger partial charge is 0.353 e. The number of aromatic amines is 1. The van der Waals surface area contributed by atoms with Crippen molar-refractivity contribution in [3.8, 4) is 11.3 Å². The van der Waals surface area contributed by atoms with Crippen LogP contribution in [0, 0.1) is 19.7 Å². The van der Waals surface area contributed by atoms with E-state index in [2.05, 4.69) is 20.4 Å². The number of H-pyrrole nitrogens is 1. The number of carbonyl (C=O) groups is 1. The van der Waals surface area contributed by atoms with Crippen LogP contribution in [0.3, 0.4) is 0 Å². The molecule has 0 bridgehead atoms. The Morgan fingerprint density at radius 2 is 1.93 bits per heavy atom. The van der Waals surface area contributed by atoms with E-state index in [4.69, 9.17) is 0 Å². The zero-order chi connectivity index (χ0) is 19.7. The van der Waals surface area contributed by atoms with Gasteiger partial charge in [0, 0.05) is 30.8 Å². The molecule has 0 aliphatic carbocycles. The molecule has 1 saturated heterocycles. The predicted octanol–water partition coefficient (Wildman–Crippen LogP) is 3.84. The molecule has 0 radical (unpaired) electrons. The first-order valence-electron chi connectivity index (χ1n) is 9.44. The zero-order valence-corrected chi connectivity index (χ0v) is 16.0. The van der Waals surface area contributed by atoms with Crippen LogP contribution in [-0.4, -0.2) is 35.2 Å². The van der Waals surface area contributed by atoms with Crippen LogP contribution in [0.25, 0.3) is 11.3 Å². The molecule has 1 aliphatic heterocycles. The van der Waals surface area contributed by atoms with Crippen LogP contribution in [0.5, 0.6) is 0 Å². The van der Waals surface area contributed by atoms with Crippen LogP contribution >= 0.6 is 0 Å². The Kier molecular flexibility index (Phi) is 4.86. The summed E-state index contributed by atoms with van der Waals surface area (Å²) in [5, 5.41) is 10.5. The molecule has 1 aromatic heterocycles. The van der Waals surface area contributed by atoms with Crippen LogP contribution < -0.4 is 10.2 Å². The third kappa shape index (κ3) is 3.76. The van der Waals surface area contributed by atoms with Gasteiger partial charge >= 0.3 is 0 Å². The third-order valence-electron chi connectivity index (χ3n) is 5.34. The van der Waals surface area contributed by atoms with E-state index in [0.717, 1.165) is 35.6 Å². The molecule has 144 valence electrons. The number of aromatic nitrogens is 2. The number of hydrogen-bond acceptors (Lipinski definition) is 3. The maximum absolute atomic E-state index is 13.1. The Labute approximate surface area is 163 Å². The van der Waals surface area contributed by atoms with Gasteiger partial charge in [-0.3, -0.25) is 9.89 Å². The van der Waals surface area contributed by atoms with Crippen molar-refractivity contribution in [1.82, 2.24) is 15.5 Å². The lowest BCUT2D eigenvalue weighted by molar-refractivity contribution is 0.0940. The number of nitrogens with zero attached hydrogens (tertiary/aromatic N) is 2. The average molecular weight is 378 g/mol. The van der Waals surface area contributed by atoms with Gasteiger partial charge in [0.1, 0.15) is 5.82 Å². The van der Waals surface area contributed by atoms with E-state index in [0.29, 0.717) is 12.1 Å². The molecule has 0 unspecified atom stereocenters. The smallest absolute Gasteiger partial charge is 0.251 e. The van der Waals surface area contributed by atoms with Crippen molar-refractivity contribution in [3.63, 3.8) is 0 Å². The Balaban J connectivity index is 1.39. The highest BCUT2D eigenvalue weighted by atomic mass is 19.1. The van der Waals surface area contributed by atoms with Crippen LogP contribution in [-0.2, 0) is 0 Å². The highest BCUT2D eigenvalue weighted by Crippen LogP contribution is 2.24. The number of hydrogen-bond donors (Lipinski definition) is 2. The summed E-state index contributed by atoms with van der Waals surface area (Å²) >= 11 is 0. The van der Waals surface area contributed by atoms with Crippen molar-refractivity contribution >= 4 is 11.7 Å². The summed E-state index contributed by atoms with van der Waals surface area (Å²) < 4.78 is 13.1. The third-order valence-corrected chi connectivity index (χ3v) is 5.34. The maximum Gasteiger partial charge on any atom is 0.251 e. The number of anilines is 1. The second kappa shape index (κ2) is 7.46. The fourth-order valence-electron chi connectivity index (χ4n) is 3.49. The average Bonchev–Trinajstić information content (AvgIpc) is 3.34. The molecule has 6 heteroatoms. The molecule has 0 saturated carbocycles. The van der Waals surface area contributed by atoms with E-state index in [-0.39, 0.29) is 17.8 Å². The van der Waals surface area contributed by atoms with Crippen LogP contribution in [0.1, 0.15) is 27.9 Å². The van der Waals surface area contributed by atoms with Gasteiger partial charge in [0.05, 0.1) is 5.69 Å². The van der Waals surface area contributed by atoms with Crippen molar-refractivity contribution < 1.29 is 9.18 Å². The van der Waals surface area contributed by atoms with Gasteiger partial charge in [-0.15, -0.1) is 0 Å². The van der Waals surface area contributed by atoms with E-state index in [1.807, 2.05) is 38.1 Å². The number of carbonyl (C=O) groups excluding carboxylic acids is 1. The summed E-state index contributed by atoms with van der Waals surface area (Å²) in [6.45, 7) is 5.59. The first-order chi connectivity index (χ1) is 13.5. The van der Waals surface area contributed by atoms with E-state index in [9.17, 15) is 9.18 Å². The van der Waals surface area contributed by atoms with Crippen LogP contribution in [0.2, 0.25) is 0 Å². The summed E-state index contributed by atoms with van der Waals surface area (Å²) in [6, 6.07) is 14.1. The summed E-state index contributed by atoms with van der Waals surface area (Å²) in [5.74, 6) is 0.539. The van der Waals surface area contributed by atoms with E-state index in [1.54, 1.807) is 12.1 Å². The molecule has 1 aliphatic rings. The first kappa shape index (κ1) is 18.2. The summed E-state index contributed by atoms with van der Waals surface area (Å²) in [7, 11) is 0. The van der Waals surface area contributed by atoms with Gasteiger partial charge in [-0.25, -0.2) is 4.39 Å². The lowest BCUT2D eigenvalue weighted by Gasteiger charge is -2.16. The molecule has 0 spiro atoms. The summed E-state index contributed by atoms with van der Waals surface area (Å²) in [6.07, 6.45) is 0.870. The minimum Gasteiger partial charge on any atom is -0.353 e. The van der Waals surface area contributed by atoms with Crippen molar-refractivity contribution in [1.29, 1.82) is 0 Å². The minimum atomic E-state index is -0.259. The number of aryl methyl sites for hydroxylation is 2. The molecule has 28 heavy (non-hydrogen) atoms.